The van der Waals surface area contributed by atoms with E-state index >= 15 is 0 Å². The molecule has 10 heteroatoms. The van der Waals surface area contributed by atoms with Gasteiger partial charge in [-0.05, 0) is 48.6 Å². The van der Waals surface area contributed by atoms with Crippen LogP contribution in [0.4, 0.5) is 10.5 Å². The molecule has 2 N–H and O–H groups in total. The molecular weight excluding hydrogens is 444 g/mol. The van der Waals surface area contributed by atoms with E-state index in [4.69, 9.17) is 0 Å². The molecule has 33 heavy (non-hydrogen) atoms. The summed E-state index contributed by atoms with van der Waals surface area (Å²) >= 11 is 0. The lowest BCUT2D eigenvalue weighted by Crippen LogP contribution is -2.51. The van der Waals surface area contributed by atoms with Crippen molar-refractivity contribution in [1.82, 2.24) is 14.5 Å². The number of carbonyl (C=O) groups excluding carboxylic acids is 3. The van der Waals surface area contributed by atoms with Crippen LogP contribution >= 0.6 is 0 Å². The van der Waals surface area contributed by atoms with Gasteiger partial charge >= 0.3 is 6.03 Å². The fourth-order valence-corrected chi connectivity index (χ4v) is 5.49. The fraction of sp³-hybridized carbons (Fsp3) is 0.348. The van der Waals surface area contributed by atoms with Gasteiger partial charge in [0.15, 0.2) is 0 Å². The summed E-state index contributed by atoms with van der Waals surface area (Å²) in [4.78, 5) is 39.4. The van der Waals surface area contributed by atoms with Crippen molar-refractivity contribution in [3.05, 3.63) is 59.2 Å². The van der Waals surface area contributed by atoms with E-state index in [9.17, 15) is 22.8 Å². The van der Waals surface area contributed by atoms with Crippen LogP contribution in [0.3, 0.4) is 0 Å². The summed E-state index contributed by atoms with van der Waals surface area (Å²) in [7, 11) is -0.840. The molecule has 2 aromatic rings. The first-order valence-corrected chi connectivity index (χ1v) is 12.0. The van der Waals surface area contributed by atoms with Crippen LogP contribution in [-0.2, 0) is 32.5 Å². The number of hydrogen-bond acceptors (Lipinski definition) is 5. The smallest absolute Gasteiger partial charge is 0.324 e. The summed E-state index contributed by atoms with van der Waals surface area (Å²) in [6.45, 7) is 1.20. The van der Waals surface area contributed by atoms with Crippen LogP contribution in [0.2, 0.25) is 0 Å². The predicted octanol–water partition coefficient (Wildman–Crippen LogP) is 1.66. The quantitative estimate of drug-likeness (QED) is 0.645. The number of aryl methyl sites for hydroxylation is 2. The van der Waals surface area contributed by atoms with Crippen molar-refractivity contribution in [3.63, 3.8) is 0 Å². The summed E-state index contributed by atoms with van der Waals surface area (Å²) in [6.07, 6.45) is 1.51. The van der Waals surface area contributed by atoms with Crippen molar-refractivity contribution in [2.45, 2.75) is 36.6 Å². The van der Waals surface area contributed by atoms with E-state index in [1.54, 1.807) is 19.1 Å². The molecule has 0 aromatic heterocycles. The van der Waals surface area contributed by atoms with Gasteiger partial charge in [-0.3, -0.25) is 14.5 Å². The second-order valence-corrected chi connectivity index (χ2v) is 10.8. The van der Waals surface area contributed by atoms with E-state index in [-0.39, 0.29) is 10.6 Å². The number of imide groups is 1. The monoisotopic (exact) mass is 470 g/mol. The minimum atomic E-state index is -3.70. The van der Waals surface area contributed by atoms with Crippen LogP contribution in [0.15, 0.2) is 47.4 Å². The van der Waals surface area contributed by atoms with Crippen molar-refractivity contribution in [1.29, 1.82) is 0 Å². The lowest BCUT2D eigenvalue weighted by Gasteiger charge is -2.32. The van der Waals surface area contributed by atoms with E-state index < -0.39 is 40.0 Å². The van der Waals surface area contributed by atoms with Crippen LogP contribution in [0, 0.1) is 6.92 Å². The molecule has 1 saturated heterocycles. The van der Waals surface area contributed by atoms with Gasteiger partial charge in [-0.25, -0.2) is 17.5 Å². The highest BCUT2D eigenvalue weighted by Gasteiger charge is 2.52. The van der Waals surface area contributed by atoms with E-state index in [1.807, 2.05) is 24.3 Å². The molecule has 1 fully saturated rings. The predicted molar refractivity (Wildman–Crippen MR) is 122 cm³/mol. The second kappa shape index (κ2) is 8.27. The maximum atomic E-state index is 13.2. The fourth-order valence-electron chi connectivity index (χ4n) is 4.34. The molecule has 9 nitrogen and oxygen atoms in total. The van der Waals surface area contributed by atoms with Gasteiger partial charge in [-0.2, -0.15) is 0 Å². The number of urea groups is 1. The lowest BCUT2D eigenvalue weighted by atomic mass is 9.78. The minimum absolute atomic E-state index is 0.0696. The Labute approximate surface area is 192 Å². The lowest BCUT2D eigenvalue weighted by molar-refractivity contribution is -0.134. The topological polar surface area (TPSA) is 116 Å². The minimum Gasteiger partial charge on any atom is -0.324 e. The third kappa shape index (κ3) is 4.11. The number of sulfonamides is 1. The maximum absolute atomic E-state index is 13.2. The van der Waals surface area contributed by atoms with Crippen molar-refractivity contribution in [2.24, 2.45) is 0 Å². The number of nitrogens with one attached hydrogen (secondary N) is 2. The Morgan fingerprint density at radius 2 is 1.85 bits per heavy atom. The van der Waals surface area contributed by atoms with Gasteiger partial charge in [0, 0.05) is 26.2 Å². The zero-order valence-corrected chi connectivity index (χ0v) is 19.5. The average molecular weight is 471 g/mol. The Bertz CT molecular complexity index is 1260. The van der Waals surface area contributed by atoms with E-state index in [2.05, 4.69) is 10.6 Å². The normalized spacial score (nSPS) is 20.2. The van der Waals surface area contributed by atoms with Gasteiger partial charge in [0.1, 0.15) is 12.1 Å². The summed E-state index contributed by atoms with van der Waals surface area (Å²) in [5, 5.41) is 5.40. The number of nitrogens with zero attached hydrogens (tertiary/aromatic N) is 2. The Kier molecular flexibility index (Phi) is 5.75. The van der Waals surface area contributed by atoms with Gasteiger partial charge in [-0.1, -0.05) is 30.3 Å². The van der Waals surface area contributed by atoms with E-state index in [0.29, 0.717) is 24.8 Å². The number of amides is 4. The third-order valence-corrected chi connectivity index (χ3v) is 8.17. The molecule has 0 saturated carbocycles. The molecule has 1 atom stereocenters. The van der Waals surface area contributed by atoms with Crippen LogP contribution in [0.25, 0.3) is 0 Å². The highest BCUT2D eigenvalue weighted by Crippen LogP contribution is 2.33. The molecule has 2 aliphatic rings. The Hall–Kier alpha value is -3.24. The van der Waals surface area contributed by atoms with Crippen LogP contribution in [0.1, 0.15) is 23.1 Å². The first-order valence-electron chi connectivity index (χ1n) is 10.6. The number of fused-ring (bicyclic) bond motifs is 1. The van der Waals surface area contributed by atoms with Gasteiger partial charge in [0.05, 0.1) is 4.90 Å². The van der Waals surface area contributed by atoms with E-state index in [1.165, 1.54) is 20.2 Å². The summed E-state index contributed by atoms with van der Waals surface area (Å²) in [5.74, 6) is -1.01. The van der Waals surface area contributed by atoms with Crippen molar-refractivity contribution >= 4 is 33.6 Å². The SMILES string of the molecule is Cc1ccc(NC(=O)CN2C(=O)NC3(CCc4ccccc4C3)C2=O)cc1S(=O)(=O)N(C)C. The number of benzene rings is 2. The molecular formula is C23H26N4O5S. The molecule has 4 amide bonds. The van der Waals surface area contributed by atoms with Crippen molar-refractivity contribution < 1.29 is 22.8 Å². The first kappa shape index (κ1) is 22.9. The molecule has 0 radical (unpaired) electrons. The molecule has 2 aromatic carbocycles. The van der Waals surface area contributed by atoms with Crippen molar-refractivity contribution in [3.8, 4) is 0 Å². The molecule has 1 aliphatic heterocycles. The molecule has 0 bridgehead atoms. The van der Waals surface area contributed by atoms with Gasteiger partial charge in [0.2, 0.25) is 15.9 Å². The number of anilines is 1. The highest BCUT2D eigenvalue weighted by atomic mass is 32.2. The van der Waals surface area contributed by atoms with Crippen LogP contribution in [0.5, 0.6) is 0 Å². The number of carbonyl (C=O) groups is 3. The molecule has 1 heterocycles. The Morgan fingerprint density at radius 1 is 1.15 bits per heavy atom. The molecule has 1 spiro atoms. The average Bonchev–Trinajstić information content (AvgIpc) is 2.98. The molecule has 174 valence electrons. The van der Waals surface area contributed by atoms with Crippen LogP contribution in [-0.4, -0.2) is 61.6 Å². The Morgan fingerprint density at radius 3 is 2.55 bits per heavy atom. The zero-order valence-electron chi connectivity index (χ0n) is 18.7. The third-order valence-electron chi connectivity index (χ3n) is 6.21. The molecule has 4 rings (SSSR count). The molecule has 1 aliphatic carbocycles. The summed E-state index contributed by atoms with van der Waals surface area (Å²) in [6, 6.07) is 11.7. The maximum Gasteiger partial charge on any atom is 0.325 e. The van der Waals surface area contributed by atoms with Gasteiger partial charge in [0.25, 0.3) is 5.91 Å². The summed E-state index contributed by atoms with van der Waals surface area (Å²) in [5.41, 5.74) is 1.93. The van der Waals surface area contributed by atoms with E-state index in [0.717, 1.165) is 20.3 Å². The number of rotatable bonds is 5. The highest BCUT2D eigenvalue weighted by molar-refractivity contribution is 7.89. The molecule has 1 unspecified atom stereocenters. The second-order valence-electron chi connectivity index (χ2n) is 8.66. The van der Waals surface area contributed by atoms with Gasteiger partial charge in [-0.15, -0.1) is 0 Å². The van der Waals surface area contributed by atoms with Gasteiger partial charge < -0.3 is 10.6 Å². The summed E-state index contributed by atoms with van der Waals surface area (Å²) < 4.78 is 26.1. The first-order chi connectivity index (χ1) is 15.5. The standard InChI is InChI=1S/C23H26N4O5S/c1-15-8-9-18(12-19(15)33(31,32)26(2)3)24-20(28)14-27-21(29)23(25-22(27)30)11-10-16-6-4-5-7-17(16)13-23/h4-9,12H,10-11,13-14H2,1-3H3,(H,24,28)(H,25,30). The zero-order chi connectivity index (χ0) is 24.0. The number of hydrogen-bond donors (Lipinski definition) is 2. The Balaban J connectivity index is 1.49. The largest absolute Gasteiger partial charge is 0.325 e. The van der Waals surface area contributed by atoms with Crippen LogP contribution < -0.4 is 10.6 Å². The van der Waals surface area contributed by atoms with Crippen molar-refractivity contribution in [2.75, 3.05) is 26.0 Å².